The van der Waals surface area contributed by atoms with E-state index in [4.69, 9.17) is 17.2 Å². The number of carboxylic acids is 2. The van der Waals surface area contributed by atoms with E-state index in [1.54, 1.807) is 91.0 Å². The summed E-state index contributed by atoms with van der Waals surface area (Å²) in [6.45, 7) is 0.326. The van der Waals surface area contributed by atoms with E-state index in [1.807, 2.05) is 0 Å². The molecule has 61 heavy (non-hydrogen) atoms. The normalized spacial score (nSPS) is 13.8. The molecule has 0 heterocycles. The molecular formula is C43H56N8O10. The lowest BCUT2D eigenvalue weighted by Gasteiger charge is -2.27. The molecule has 18 heteroatoms. The van der Waals surface area contributed by atoms with Gasteiger partial charge in [0.15, 0.2) is 0 Å². The maximum absolute atomic E-state index is 14.1. The maximum Gasteiger partial charge on any atom is 0.326 e. The molecular weight excluding hydrogens is 789 g/mol. The van der Waals surface area contributed by atoms with Gasteiger partial charge >= 0.3 is 11.9 Å². The number of carbonyl (C=O) groups is 8. The van der Waals surface area contributed by atoms with Crippen molar-refractivity contribution in [3.8, 4) is 0 Å². The molecule has 3 rings (SSSR count). The van der Waals surface area contributed by atoms with Gasteiger partial charge < -0.3 is 54.0 Å². The largest absolute Gasteiger partial charge is 0.481 e. The fourth-order valence-corrected chi connectivity index (χ4v) is 6.29. The monoisotopic (exact) mass is 844 g/mol. The highest BCUT2D eigenvalue weighted by Crippen LogP contribution is 2.11. The van der Waals surface area contributed by atoms with Crippen molar-refractivity contribution in [1.82, 2.24) is 26.6 Å². The Bertz CT molecular complexity index is 1920. The van der Waals surface area contributed by atoms with Gasteiger partial charge in [-0.3, -0.25) is 33.6 Å². The number of aliphatic carboxylic acids is 2. The van der Waals surface area contributed by atoms with Crippen LogP contribution in [0.15, 0.2) is 91.0 Å². The van der Waals surface area contributed by atoms with Crippen LogP contribution in [0.4, 0.5) is 0 Å². The van der Waals surface area contributed by atoms with Gasteiger partial charge in [0.25, 0.3) is 0 Å². The summed E-state index contributed by atoms with van der Waals surface area (Å²) in [5, 5.41) is 32.0. The van der Waals surface area contributed by atoms with Crippen LogP contribution in [0.2, 0.25) is 0 Å². The first-order valence-electron chi connectivity index (χ1n) is 20.0. The number of nitrogens with two attached hydrogens (primary N) is 3. The topological polar surface area (TPSA) is 315 Å². The van der Waals surface area contributed by atoms with Crippen molar-refractivity contribution >= 4 is 47.4 Å². The maximum atomic E-state index is 14.1. The number of rotatable bonds is 27. The zero-order valence-electron chi connectivity index (χ0n) is 33.8. The molecule has 0 radical (unpaired) electrons. The lowest BCUT2D eigenvalue weighted by molar-refractivity contribution is -0.142. The van der Waals surface area contributed by atoms with Gasteiger partial charge in [0.1, 0.15) is 30.2 Å². The zero-order valence-corrected chi connectivity index (χ0v) is 33.8. The average Bonchev–Trinajstić information content (AvgIpc) is 3.23. The zero-order chi connectivity index (χ0) is 44.7. The first-order chi connectivity index (χ1) is 29.2. The smallest absolute Gasteiger partial charge is 0.326 e. The van der Waals surface area contributed by atoms with Crippen molar-refractivity contribution in [2.45, 2.75) is 100 Å². The van der Waals surface area contributed by atoms with E-state index in [2.05, 4.69) is 26.6 Å². The third kappa shape index (κ3) is 18.0. The molecule has 6 atom stereocenters. The molecule has 3 aromatic carbocycles. The third-order valence-electron chi connectivity index (χ3n) is 9.62. The quantitative estimate of drug-likeness (QED) is 0.0447. The fraction of sp³-hybridized carbons (Fsp3) is 0.395. The van der Waals surface area contributed by atoms with Gasteiger partial charge in [-0.15, -0.1) is 0 Å². The minimum Gasteiger partial charge on any atom is -0.481 e. The number of carboxylic acid groups (broad SMARTS) is 2. The van der Waals surface area contributed by atoms with Crippen molar-refractivity contribution < 1.29 is 48.6 Å². The molecule has 0 aliphatic heterocycles. The van der Waals surface area contributed by atoms with E-state index in [9.17, 15) is 48.6 Å². The highest BCUT2D eigenvalue weighted by molar-refractivity contribution is 5.97. The van der Waals surface area contributed by atoms with Gasteiger partial charge in [-0.2, -0.15) is 0 Å². The molecule has 6 amide bonds. The molecule has 0 aromatic heterocycles. The van der Waals surface area contributed by atoms with Gasteiger partial charge in [0, 0.05) is 25.7 Å². The molecule has 328 valence electrons. The van der Waals surface area contributed by atoms with E-state index in [0.29, 0.717) is 30.5 Å². The molecule has 3 aromatic rings. The Balaban J connectivity index is 1.89. The average molecular weight is 845 g/mol. The number of carbonyl (C=O) groups excluding carboxylic acids is 6. The molecule has 0 unspecified atom stereocenters. The Labute approximate surface area is 353 Å². The predicted octanol–water partition coefficient (Wildman–Crippen LogP) is -0.190. The van der Waals surface area contributed by atoms with Crippen LogP contribution in [0.1, 0.15) is 61.6 Å². The molecule has 0 bridgehead atoms. The lowest BCUT2D eigenvalue weighted by Crippen LogP contribution is -2.60. The molecule has 0 saturated heterocycles. The minimum absolute atomic E-state index is 0.0742. The summed E-state index contributed by atoms with van der Waals surface area (Å²) < 4.78 is 0. The Hall–Kier alpha value is -6.66. The van der Waals surface area contributed by atoms with Crippen LogP contribution in [0.25, 0.3) is 0 Å². The summed E-state index contributed by atoms with van der Waals surface area (Å²) in [5.41, 5.74) is 19.1. The molecule has 0 spiro atoms. The summed E-state index contributed by atoms with van der Waals surface area (Å²) in [7, 11) is 0. The second kappa shape index (κ2) is 25.7. The number of primary amides is 1. The van der Waals surface area contributed by atoms with Crippen LogP contribution in [0.3, 0.4) is 0 Å². The van der Waals surface area contributed by atoms with Crippen molar-refractivity contribution in [3.63, 3.8) is 0 Å². The van der Waals surface area contributed by atoms with Crippen LogP contribution in [-0.4, -0.2) is 100 Å². The molecule has 18 nitrogen and oxygen atoms in total. The van der Waals surface area contributed by atoms with Crippen molar-refractivity contribution in [1.29, 1.82) is 0 Å². The molecule has 0 fully saturated rings. The standard InChI is InChI=1S/C43H56N8O10/c44-23-11-10-18-33(43(60)61)49-42(59)35(26-29-16-8-3-9-17-29)51-39(56)31(19-21-36(46)52)48-41(58)34(25-28-14-6-2-7-15-28)50-40(57)32(20-22-37(53)54)47-38(55)30(45)24-27-12-4-1-5-13-27/h1-9,12-17,30-35H,10-11,18-26,44-45H2,(H2,46,52)(H,47,55)(H,48,58)(H,49,59)(H,50,57)(H,51,56)(H,53,54)(H,60,61)/t30-,31-,32-,33-,34-,35-/m0/s1. The SMILES string of the molecule is NCCCC[C@H](NC(=O)[C@H](Cc1ccccc1)NC(=O)[C@H](CCC(N)=O)NC(=O)[C@H](Cc1ccccc1)NC(=O)[C@H](CCC(=O)O)NC(=O)[C@@H](N)Cc1ccccc1)C(=O)O. The van der Waals surface area contributed by atoms with Crippen molar-refractivity contribution in [2.75, 3.05) is 6.54 Å². The summed E-state index contributed by atoms with van der Waals surface area (Å²) >= 11 is 0. The van der Waals surface area contributed by atoms with Gasteiger partial charge in [-0.05, 0) is 61.8 Å². The number of hydrogen-bond donors (Lipinski definition) is 10. The van der Waals surface area contributed by atoms with E-state index in [0.717, 1.165) is 5.56 Å². The van der Waals surface area contributed by atoms with Crippen molar-refractivity contribution in [2.24, 2.45) is 17.2 Å². The number of benzene rings is 3. The Morgan fingerprint density at radius 1 is 0.475 bits per heavy atom. The molecule has 0 aliphatic rings. The number of amides is 6. The number of unbranched alkanes of at least 4 members (excludes halogenated alkanes) is 1. The molecule has 0 aliphatic carbocycles. The summed E-state index contributed by atoms with van der Waals surface area (Å²) in [5.74, 6) is -7.60. The number of nitrogens with one attached hydrogen (secondary N) is 5. The second-order valence-electron chi connectivity index (χ2n) is 14.5. The second-order valence-corrected chi connectivity index (χ2v) is 14.5. The van der Waals surface area contributed by atoms with E-state index < -0.39 is 90.1 Å². The van der Waals surface area contributed by atoms with Crippen LogP contribution < -0.4 is 43.8 Å². The summed E-state index contributed by atoms with van der Waals surface area (Å²) in [6, 6.07) is 17.9. The van der Waals surface area contributed by atoms with E-state index >= 15 is 0 Å². The fourth-order valence-electron chi connectivity index (χ4n) is 6.29. The Kier molecular flexibility index (Phi) is 20.6. The predicted molar refractivity (Wildman–Crippen MR) is 224 cm³/mol. The van der Waals surface area contributed by atoms with Gasteiger partial charge in [-0.25, -0.2) is 4.79 Å². The summed E-state index contributed by atoms with van der Waals surface area (Å²) in [6.07, 6.45) is -0.634. The first kappa shape index (κ1) is 48.7. The Morgan fingerprint density at radius 3 is 1.26 bits per heavy atom. The van der Waals surface area contributed by atoms with Gasteiger partial charge in [0.05, 0.1) is 6.04 Å². The van der Waals surface area contributed by atoms with Gasteiger partial charge in [0.2, 0.25) is 35.4 Å². The van der Waals surface area contributed by atoms with Crippen LogP contribution >= 0.6 is 0 Å². The van der Waals surface area contributed by atoms with E-state index in [-0.39, 0.29) is 44.9 Å². The highest BCUT2D eigenvalue weighted by Gasteiger charge is 2.33. The third-order valence-corrected chi connectivity index (χ3v) is 9.62. The van der Waals surface area contributed by atoms with E-state index in [1.165, 1.54) is 0 Å². The number of hydrogen-bond acceptors (Lipinski definition) is 10. The molecule has 13 N–H and O–H groups in total. The van der Waals surface area contributed by atoms with Gasteiger partial charge in [-0.1, -0.05) is 91.0 Å². The highest BCUT2D eigenvalue weighted by atomic mass is 16.4. The van der Waals surface area contributed by atoms with Crippen LogP contribution in [0, 0.1) is 0 Å². The summed E-state index contributed by atoms with van der Waals surface area (Å²) in [4.78, 5) is 104. The lowest BCUT2D eigenvalue weighted by atomic mass is 10.0. The van der Waals surface area contributed by atoms with Crippen LogP contribution in [0.5, 0.6) is 0 Å². The Morgan fingerprint density at radius 2 is 0.852 bits per heavy atom. The minimum atomic E-state index is -1.50. The van der Waals surface area contributed by atoms with Crippen LogP contribution in [-0.2, 0) is 57.6 Å². The van der Waals surface area contributed by atoms with Crippen molar-refractivity contribution in [3.05, 3.63) is 108 Å². The first-order valence-corrected chi connectivity index (χ1v) is 20.0. The molecule has 0 saturated carbocycles.